The van der Waals surface area contributed by atoms with Gasteiger partial charge in [0.15, 0.2) is 0 Å². The number of piperidine rings is 1. The fourth-order valence-corrected chi connectivity index (χ4v) is 3.75. The first kappa shape index (κ1) is 11.4. The van der Waals surface area contributed by atoms with Crippen molar-refractivity contribution < 1.29 is 4.74 Å². The van der Waals surface area contributed by atoms with E-state index in [0.29, 0.717) is 6.10 Å². The summed E-state index contributed by atoms with van der Waals surface area (Å²) in [7, 11) is 2.27. The van der Waals surface area contributed by atoms with Crippen molar-refractivity contribution in [1.82, 2.24) is 9.88 Å². The van der Waals surface area contributed by atoms with E-state index in [1.54, 1.807) is 0 Å². The van der Waals surface area contributed by atoms with Crippen LogP contribution in [-0.2, 0) is 0 Å². The van der Waals surface area contributed by atoms with Gasteiger partial charge in [0.25, 0.3) is 0 Å². The van der Waals surface area contributed by atoms with Crippen LogP contribution in [0.4, 0.5) is 0 Å². The summed E-state index contributed by atoms with van der Waals surface area (Å²) in [5.41, 5.74) is 1.18. The van der Waals surface area contributed by atoms with Crippen LogP contribution in [0, 0.1) is 0 Å². The highest BCUT2D eigenvalue weighted by Gasteiger charge is 2.39. The second-order valence-corrected chi connectivity index (χ2v) is 5.99. The van der Waals surface area contributed by atoms with E-state index in [1.165, 1.54) is 36.6 Å². The van der Waals surface area contributed by atoms with Gasteiger partial charge in [0.1, 0.15) is 11.9 Å². The molecule has 3 heterocycles. The quantitative estimate of drug-likeness (QED) is 0.894. The lowest BCUT2D eigenvalue weighted by atomic mass is 10.0. The minimum atomic E-state index is 0.394. The molecule has 1 aromatic carbocycles. The molecule has 2 aromatic rings. The van der Waals surface area contributed by atoms with Gasteiger partial charge in [-0.3, -0.25) is 0 Å². The fraction of sp³-hybridized carbons (Fsp3) is 0.500. The monoisotopic (exact) mass is 256 g/mol. The molecule has 100 valence electrons. The Morgan fingerprint density at radius 1 is 1.16 bits per heavy atom. The predicted octanol–water partition coefficient (Wildman–Crippen LogP) is 3.17. The Labute approximate surface area is 113 Å². The Morgan fingerprint density at radius 2 is 1.95 bits per heavy atom. The summed E-state index contributed by atoms with van der Waals surface area (Å²) in [5, 5.41) is 1.23. The van der Waals surface area contributed by atoms with Gasteiger partial charge in [0, 0.05) is 29.2 Å². The number of benzene rings is 1. The number of ether oxygens (including phenoxy) is 1. The highest BCUT2D eigenvalue weighted by Crippen LogP contribution is 2.36. The molecule has 2 aliphatic rings. The standard InChI is InChI=1S/C16H20N2O/c1-18-12-2-3-13(18)10-15(9-12)19-14-4-5-16-11(8-14)6-7-17-16/h4-8,12-13,15,17H,2-3,9-10H2,1H3/t12-,13+,15-. The molecule has 19 heavy (non-hydrogen) atoms. The van der Waals surface area contributed by atoms with E-state index in [-0.39, 0.29) is 0 Å². The lowest BCUT2D eigenvalue weighted by molar-refractivity contribution is 0.0662. The summed E-state index contributed by atoms with van der Waals surface area (Å²) in [6, 6.07) is 9.90. The molecular formula is C16H20N2O. The smallest absolute Gasteiger partial charge is 0.120 e. The first-order chi connectivity index (χ1) is 9.29. The molecule has 0 amide bonds. The highest BCUT2D eigenvalue weighted by molar-refractivity contribution is 5.80. The summed E-state index contributed by atoms with van der Waals surface area (Å²) >= 11 is 0. The topological polar surface area (TPSA) is 28.3 Å². The molecule has 1 aromatic heterocycles. The average Bonchev–Trinajstić information content (AvgIpc) is 2.92. The minimum Gasteiger partial charge on any atom is -0.490 e. The molecule has 0 unspecified atom stereocenters. The van der Waals surface area contributed by atoms with Crippen molar-refractivity contribution in [2.75, 3.05) is 7.05 Å². The molecule has 2 bridgehead atoms. The van der Waals surface area contributed by atoms with Crippen molar-refractivity contribution in [2.45, 2.75) is 43.9 Å². The summed E-state index contributed by atoms with van der Waals surface area (Å²) in [6.07, 6.45) is 7.42. The molecule has 0 spiro atoms. The molecule has 2 aliphatic heterocycles. The number of H-pyrrole nitrogens is 1. The first-order valence-electron chi connectivity index (χ1n) is 7.25. The normalized spacial score (nSPS) is 30.9. The van der Waals surface area contributed by atoms with E-state index in [2.05, 4.69) is 41.2 Å². The Kier molecular flexibility index (Phi) is 2.55. The van der Waals surface area contributed by atoms with Gasteiger partial charge in [-0.25, -0.2) is 0 Å². The molecule has 4 rings (SSSR count). The van der Waals surface area contributed by atoms with E-state index in [0.717, 1.165) is 17.8 Å². The number of aromatic nitrogens is 1. The molecule has 3 atom stereocenters. The maximum Gasteiger partial charge on any atom is 0.120 e. The molecule has 3 nitrogen and oxygen atoms in total. The van der Waals surface area contributed by atoms with E-state index in [1.807, 2.05) is 6.20 Å². The number of hydrogen-bond acceptors (Lipinski definition) is 2. The van der Waals surface area contributed by atoms with Gasteiger partial charge in [-0.2, -0.15) is 0 Å². The third-order valence-electron chi connectivity index (χ3n) is 4.88. The van der Waals surface area contributed by atoms with Crippen LogP contribution in [0.15, 0.2) is 30.5 Å². The number of nitrogens with one attached hydrogen (secondary N) is 1. The number of fused-ring (bicyclic) bond motifs is 3. The van der Waals surface area contributed by atoms with Crippen molar-refractivity contribution in [2.24, 2.45) is 0 Å². The van der Waals surface area contributed by atoms with Gasteiger partial charge in [0.2, 0.25) is 0 Å². The summed E-state index contributed by atoms with van der Waals surface area (Å²) in [6.45, 7) is 0. The van der Waals surface area contributed by atoms with E-state index < -0.39 is 0 Å². The zero-order valence-corrected chi connectivity index (χ0v) is 11.3. The lowest BCUT2D eigenvalue weighted by Crippen LogP contribution is -2.43. The highest BCUT2D eigenvalue weighted by atomic mass is 16.5. The zero-order valence-electron chi connectivity index (χ0n) is 11.3. The van der Waals surface area contributed by atoms with Crippen LogP contribution in [0.3, 0.4) is 0 Å². The maximum absolute atomic E-state index is 6.22. The van der Waals surface area contributed by atoms with Crippen molar-refractivity contribution in [3.63, 3.8) is 0 Å². The first-order valence-corrected chi connectivity index (χ1v) is 7.25. The van der Waals surface area contributed by atoms with Crippen molar-refractivity contribution >= 4 is 10.9 Å². The molecule has 0 aliphatic carbocycles. The molecule has 1 N–H and O–H groups in total. The summed E-state index contributed by atoms with van der Waals surface area (Å²) in [5.74, 6) is 1.01. The van der Waals surface area contributed by atoms with Gasteiger partial charge in [-0.15, -0.1) is 0 Å². The van der Waals surface area contributed by atoms with Crippen LogP contribution in [0.1, 0.15) is 25.7 Å². The molecule has 2 saturated heterocycles. The summed E-state index contributed by atoms with van der Waals surface area (Å²) < 4.78 is 6.22. The van der Waals surface area contributed by atoms with Crippen LogP contribution in [-0.4, -0.2) is 35.1 Å². The Balaban J connectivity index is 1.52. The number of nitrogens with zero attached hydrogens (tertiary/aromatic N) is 1. The van der Waals surface area contributed by atoms with Crippen molar-refractivity contribution in [3.05, 3.63) is 30.5 Å². The lowest BCUT2D eigenvalue weighted by Gasteiger charge is -2.36. The molecule has 0 saturated carbocycles. The molecule has 0 radical (unpaired) electrons. The minimum absolute atomic E-state index is 0.394. The van der Waals surface area contributed by atoms with E-state index in [4.69, 9.17) is 4.74 Å². The summed E-state index contributed by atoms with van der Waals surface area (Å²) in [4.78, 5) is 5.77. The number of hydrogen-bond donors (Lipinski definition) is 1. The second-order valence-electron chi connectivity index (χ2n) is 5.99. The van der Waals surface area contributed by atoms with Crippen LogP contribution in [0.2, 0.25) is 0 Å². The van der Waals surface area contributed by atoms with Crippen LogP contribution in [0.5, 0.6) is 5.75 Å². The Bertz CT molecular complexity index is 577. The molecule has 2 fully saturated rings. The fourth-order valence-electron chi connectivity index (χ4n) is 3.75. The maximum atomic E-state index is 6.22. The van der Waals surface area contributed by atoms with E-state index >= 15 is 0 Å². The van der Waals surface area contributed by atoms with Crippen molar-refractivity contribution in [1.29, 1.82) is 0 Å². The molecular weight excluding hydrogens is 236 g/mol. The van der Waals surface area contributed by atoms with Gasteiger partial charge >= 0.3 is 0 Å². The number of rotatable bonds is 2. The predicted molar refractivity (Wildman–Crippen MR) is 76.5 cm³/mol. The van der Waals surface area contributed by atoms with Crippen LogP contribution >= 0.6 is 0 Å². The van der Waals surface area contributed by atoms with Gasteiger partial charge in [0.05, 0.1) is 0 Å². The SMILES string of the molecule is CN1[C@@H]2CC[C@H]1C[C@H](Oc1ccc3[nH]ccc3c1)C2. The van der Waals surface area contributed by atoms with Crippen LogP contribution in [0.25, 0.3) is 10.9 Å². The van der Waals surface area contributed by atoms with E-state index in [9.17, 15) is 0 Å². The average molecular weight is 256 g/mol. The largest absolute Gasteiger partial charge is 0.490 e. The third-order valence-corrected chi connectivity index (χ3v) is 4.88. The third kappa shape index (κ3) is 1.93. The Morgan fingerprint density at radius 3 is 2.74 bits per heavy atom. The second kappa shape index (κ2) is 4.27. The van der Waals surface area contributed by atoms with Gasteiger partial charge in [-0.1, -0.05) is 0 Å². The molecule has 3 heteroatoms. The van der Waals surface area contributed by atoms with Gasteiger partial charge in [-0.05, 0) is 57.0 Å². The Hall–Kier alpha value is -1.48. The zero-order chi connectivity index (χ0) is 12.8. The number of aromatic amines is 1. The van der Waals surface area contributed by atoms with Crippen LogP contribution < -0.4 is 4.74 Å². The van der Waals surface area contributed by atoms with Gasteiger partial charge < -0.3 is 14.6 Å². The van der Waals surface area contributed by atoms with Crippen molar-refractivity contribution in [3.8, 4) is 5.75 Å².